The number of nitrogens with zero attached hydrogens (tertiary/aromatic N) is 2. The standard InChI is InChI=1S/C19H24FN3O2/c1-13(2)4-5-14(3)21-18(24)12-23-19(25)11-10-17(22-23)15-6-8-16(20)9-7-15/h6-11,13-14H,4-5,12H2,1-3H3,(H,21,24)/t14-/m0/s1. The summed E-state index contributed by atoms with van der Waals surface area (Å²) in [7, 11) is 0. The third kappa shape index (κ3) is 5.81. The molecule has 0 unspecified atom stereocenters. The molecule has 0 aliphatic carbocycles. The summed E-state index contributed by atoms with van der Waals surface area (Å²) < 4.78 is 14.2. The third-order valence-electron chi connectivity index (χ3n) is 3.88. The summed E-state index contributed by atoms with van der Waals surface area (Å²) in [5.74, 6) is -0.00928. The van der Waals surface area contributed by atoms with Gasteiger partial charge in [0.15, 0.2) is 0 Å². The van der Waals surface area contributed by atoms with Crippen molar-refractivity contribution >= 4 is 5.91 Å². The number of carbonyl (C=O) groups excluding carboxylic acids is 1. The number of hydrogen-bond donors (Lipinski definition) is 1. The van der Waals surface area contributed by atoms with E-state index < -0.39 is 0 Å². The Hall–Kier alpha value is -2.50. The Morgan fingerprint density at radius 3 is 2.44 bits per heavy atom. The number of aromatic nitrogens is 2. The Labute approximate surface area is 146 Å². The summed E-state index contributed by atoms with van der Waals surface area (Å²) in [6, 6.07) is 8.80. The van der Waals surface area contributed by atoms with Gasteiger partial charge in [-0.1, -0.05) is 13.8 Å². The Morgan fingerprint density at radius 2 is 1.80 bits per heavy atom. The molecule has 0 bridgehead atoms. The molecule has 1 aromatic carbocycles. The molecule has 2 aromatic rings. The lowest BCUT2D eigenvalue weighted by atomic mass is 10.0. The summed E-state index contributed by atoms with van der Waals surface area (Å²) in [4.78, 5) is 24.1. The monoisotopic (exact) mass is 345 g/mol. The fraction of sp³-hybridized carbons (Fsp3) is 0.421. The molecule has 0 saturated heterocycles. The largest absolute Gasteiger partial charge is 0.352 e. The summed E-state index contributed by atoms with van der Waals surface area (Å²) >= 11 is 0. The van der Waals surface area contributed by atoms with Gasteiger partial charge >= 0.3 is 0 Å². The fourth-order valence-electron chi connectivity index (χ4n) is 2.45. The first-order chi connectivity index (χ1) is 11.8. The zero-order valence-corrected chi connectivity index (χ0v) is 14.8. The molecule has 0 aliphatic heterocycles. The van der Waals surface area contributed by atoms with Crippen LogP contribution in [0.5, 0.6) is 0 Å². The molecule has 1 N–H and O–H groups in total. The van der Waals surface area contributed by atoms with Gasteiger partial charge in [0.1, 0.15) is 12.4 Å². The fourth-order valence-corrected chi connectivity index (χ4v) is 2.45. The van der Waals surface area contributed by atoms with Crippen LogP contribution in [-0.2, 0) is 11.3 Å². The first kappa shape index (κ1) is 18.8. The van der Waals surface area contributed by atoms with Crippen molar-refractivity contribution in [3.05, 3.63) is 52.6 Å². The number of benzene rings is 1. The molecule has 134 valence electrons. The number of hydrogen-bond acceptors (Lipinski definition) is 3. The maximum atomic E-state index is 13.0. The number of amides is 1. The highest BCUT2D eigenvalue weighted by atomic mass is 19.1. The summed E-state index contributed by atoms with van der Waals surface area (Å²) in [5.41, 5.74) is 0.844. The minimum Gasteiger partial charge on any atom is -0.352 e. The summed E-state index contributed by atoms with van der Waals surface area (Å²) in [6.45, 7) is 6.09. The zero-order chi connectivity index (χ0) is 18.4. The molecule has 0 radical (unpaired) electrons. The van der Waals surface area contributed by atoms with E-state index in [1.165, 1.54) is 18.2 Å². The van der Waals surface area contributed by atoms with E-state index in [1.807, 2.05) is 6.92 Å². The maximum absolute atomic E-state index is 13.0. The van der Waals surface area contributed by atoms with E-state index in [-0.39, 0.29) is 29.9 Å². The maximum Gasteiger partial charge on any atom is 0.267 e. The van der Waals surface area contributed by atoms with Crippen LogP contribution in [0.15, 0.2) is 41.2 Å². The average molecular weight is 345 g/mol. The Bertz CT molecular complexity index is 769. The topological polar surface area (TPSA) is 64.0 Å². The highest BCUT2D eigenvalue weighted by Gasteiger charge is 2.11. The molecule has 2 rings (SSSR count). The van der Waals surface area contributed by atoms with Crippen LogP contribution >= 0.6 is 0 Å². The predicted octanol–water partition coefficient (Wildman–Crippen LogP) is 2.99. The van der Waals surface area contributed by atoms with Gasteiger partial charge in [0.05, 0.1) is 5.69 Å². The molecule has 5 nitrogen and oxygen atoms in total. The minimum atomic E-state index is -0.351. The molecule has 25 heavy (non-hydrogen) atoms. The SMILES string of the molecule is CC(C)CC[C@H](C)NC(=O)Cn1nc(-c2ccc(F)cc2)ccc1=O. The molecule has 0 spiro atoms. The van der Waals surface area contributed by atoms with Gasteiger partial charge in [0.2, 0.25) is 5.91 Å². The van der Waals surface area contributed by atoms with Crippen molar-refractivity contribution < 1.29 is 9.18 Å². The van der Waals surface area contributed by atoms with Crippen LogP contribution in [0.3, 0.4) is 0 Å². The zero-order valence-electron chi connectivity index (χ0n) is 14.8. The summed E-state index contributed by atoms with van der Waals surface area (Å²) in [6.07, 6.45) is 1.92. The van der Waals surface area contributed by atoms with Gasteiger partial charge in [-0.05, 0) is 56.0 Å². The molecule has 1 heterocycles. The van der Waals surface area contributed by atoms with Crippen LogP contribution in [0.4, 0.5) is 4.39 Å². The van der Waals surface area contributed by atoms with E-state index in [0.717, 1.165) is 17.5 Å². The number of carbonyl (C=O) groups is 1. The third-order valence-corrected chi connectivity index (χ3v) is 3.88. The quantitative estimate of drug-likeness (QED) is 0.839. The second kappa shape index (κ2) is 8.55. The van der Waals surface area contributed by atoms with E-state index in [0.29, 0.717) is 17.2 Å². The second-order valence-corrected chi connectivity index (χ2v) is 6.66. The first-order valence-corrected chi connectivity index (χ1v) is 8.48. The van der Waals surface area contributed by atoms with E-state index in [9.17, 15) is 14.0 Å². The van der Waals surface area contributed by atoms with Crippen molar-refractivity contribution in [1.29, 1.82) is 0 Å². The number of halogens is 1. The van der Waals surface area contributed by atoms with Gasteiger partial charge in [-0.15, -0.1) is 0 Å². The Kier molecular flexibility index (Phi) is 6.44. The molecule has 1 aromatic heterocycles. The van der Waals surface area contributed by atoms with Crippen molar-refractivity contribution in [2.75, 3.05) is 0 Å². The van der Waals surface area contributed by atoms with Crippen LogP contribution < -0.4 is 10.9 Å². The molecule has 1 amide bonds. The van der Waals surface area contributed by atoms with Gasteiger partial charge in [-0.25, -0.2) is 9.07 Å². The van der Waals surface area contributed by atoms with Crippen molar-refractivity contribution in [3.8, 4) is 11.3 Å². The number of rotatable bonds is 7. The van der Waals surface area contributed by atoms with Crippen LogP contribution in [0, 0.1) is 11.7 Å². The Balaban J connectivity index is 2.06. The van der Waals surface area contributed by atoms with Crippen molar-refractivity contribution in [1.82, 2.24) is 15.1 Å². The molecule has 6 heteroatoms. The van der Waals surface area contributed by atoms with Crippen LogP contribution in [0.25, 0.3) is 11.3 Å². The molecular weight excluding hydrogens is 321 g/mol. The summed E-state index contributed by atoms with van der Waals surface area (Å²) in [5, 5.41) is 7.10. The van der Waals surface area contributed by atoms with E-state index >= 15 is 0 Å². The number of nitrogens with one attached hydrogen (secondary N) is 1. The van der Waals surface area contributed by atoms with Crippen LogP contribution in [0.1, 0.15) is 33.6 Å². The van der Waals surface area contributed by atoms with E-state index in [4.69, 9.17) is 0 Å². The van der Waals surface area contributed by atoms with E-state index in [2.05, 4.69) is 24.3 Å². The van der Waals surface area contributed by atoms with E-state index in [1.54, 1.807) is 18.2 Å². The smallest absolute Gasteiger partial charge is 0.267 e. The highest BCUT2D eigenvalue weighted by molar-refractivity contribution is 5.76. The van der Waals surface area contributed by atoms with Gasteiger partial charge in [-0.3, -0.25) is 9.59 Å². The molecular formula is C19H24FN3O2. The highest BCUT2D eigenvalue weighted by Crippen LogP contribution is 2.15. The van der Waals surface area contributed by atoms with Crippen LogP contribution in [-0.4, -0.2) is 21.7 Å². The van der Waals surface area contributed by atoms with Gasteiger partial charge in [0, 0.05) is 17.7 Å². The van der Waals surface area contributed by atoms with Crippen LogP contribution in [0.2, 0.25) is 0 Å². The van der Waals surface area contributed by atoms with Crippen molar-refractivity contribution in [2.24, 2.45) is 5.92 Å². The molecule has 0 fully saturated rings. The second-order valence-electron chi connectivity index (χ2n) is 6.66. The molecule has 0 saturated carbocycles. The molecule has 0 aliphatic rings. The van der Waals surface area contributed by atoms with Gasteiger partial charge < -0.3 is 5.32 Å². The lowest BCUT2D eigenvalue weighted by molar-refractivity contribution is -0.122. The normalized spacial score (nSPS) is 12.2. The van der Waals surface area contributed by atoms with Gasteiger partial charge in [0.25, 0.3) is 5.56 Å². The van der Waals surface area contributed by atoms with Crippen molar-refractivity contribution in [2.45, 2.75) is 46.2 Å². The van der Waals surface area contributed by atoms with Gasteiger partial charge in [-0.2, -0.15) is 5.10 Å². The predicted molar refractivity (Wildman–Crippen MR) is 95.6 cm³/mol. The minimum absolute atomic E-state index is 0.0471. The average Bonchev–Trinajstić information content (AvgIpc) is 2.56. The van der Waals surface area contributed by atoms with Crippen molar-refractivity contribution in [3.63, 3.8) is 0 Å². The first-order valence-electron chi connectivity index (χ1n) is 8.48. The lowest BCUT2D eigenvalue weighted by Crippen LogP contribution is -2.38. The molecule has 1 atom stereocenters. The lowest BCUT2D eigenvalue weighted by Gasteiger charge is -2.15. The Morgan fingerprint density at radius 1 is 1.12 bits per heavy atom.